The van der Waals surface area contributed by atoms with Crippen LogP contribution in [0.2, 0.25) is 0 Å². The smallest absolute Gasteiger partial charge is 0.126 e. The Kier molecular flexibility index (Phi) is 4.63. The molecule has 4 heteroatoms. The molecule has 1 aromatic heterocycles. The number of fused-ring (bicyclic) bond motifs is 1. The molecule has 0 bridgehead atoms. The van der Waals surface area contributed by atoms with Crippen LogP contribution in [0.1, 0.15) is 6.42 Å². The fourth-order valence-electron chi connectivity index (χ4n) is 2.78. The van der Waals surface area contributed by atoms with Crippen LogP contribution in [-0.2, 0) is 6.54 Å². The second-order valence-electron chi connectivity index (χ2n) is 6.02. The van der Waals surface area contributed by atoms with Crippen LogP contribution >= 0.6 is 0 Å². The molecule has 120 valence electrons. The van der Waals surface area contributed by atoms with Gasteiger partial charge in [-0.25, -0.2) is 0 Å². The number of aryl methyl sites for hydroxylation is 1. The van der Waals surface area contributed by atoms with E-state index in [4.69, 9.17) is 9.84 Å². The topological polar surface area (TPSA) is 30.3 Å². The zero-order valence-corrected chi connectivity index (χ0v) is 14.0. The Labute approximate surface area is 137 Å². The number of nitrogens with zero attached hydrogens (tertiary/aromatic N) is 3. The van der Waals surface area contributed by atoms with Gasteiger partial charge in [-0.15, -0.1) is 0 Å². The Hall–Kier alpha value is -2.33. The van der Waals surface area contributed by atoms with Crippen LogP contribution in [0.4, 0.5) is 0 Å². The van der Waals surface area contributed by atoms with E-state index < -0.39 is 0 Å². The molecule has 3 rings (SSSR count). The Balaban J connectivity index is 1.87. The van der Waals surface area contributed by atoms with Crippen molar-refractivity contribution in [3.05, 3.63) is 48.7 Å². The molecule has 0 N–H and O–H groups in total. The lowest BCUT2D eigenvalue weighted by Gasteiger charge is -2.08. The number of hydrogen-bond donors (Lipinski definition) is 0. The first-order chi connectivity index (χ1) is 11.2. The Morgan fingerprint density at radius 3 is 2.74 bits per heavy atom. The zero-order valence-electron chi connectivity index (χ0n) is 14.0. The van der Waals surface area contributed by atoms with E-state index in [9.17, 15) is 0 Å². The highest BCUT2D eigenvalue weighted by molar-refractivity contribution is 5.85. The van der Waals surface area contributed by atoms with Gasteiger partial charge in [0.25, 0.3) is 0 Å². The minimum absolute atomic E-state index is 0.886. The van der Waals surface area contributed by atoms with Crippen molar-refractivity contribution >= 4 is 10.9 Å². The summed E-state index contributed by atoms with van der Waals surface area (Å²) in [6.07, 6.45) is 3.22. The largest absolute Gasteiger partial charge is 0.496 e. The fraction of sp³-hybridized carbons (Fsp3) is 0.316. The lowest BCUT2D eigenvalue weighted by molar-refractivity contribution is 0.381. The van der Waals surface area contributed by atoms with Crippen LogP contribution in [-0.4, -0.2) is 42.4 Å². The second kappa shape index (κ2) is 6.84. The van der Waals surface area contributed by atoms with Gasteiger partial charge in [-0.3, -0.25) is 4.68 Å². The lowest BCUT2D eigenvalue weighted by Crippen LogP contribution is -2.15. The molecule has 23 heavy (non-hydrogen) atoms. The van der Waals surface area contributed by atoms with E-state index in [1.165, 1.54) is 5.39 Å². The molecule has 0 unspecified atom stereocenters. The van der Waals surface area contributed by atoms with Gasteiger partial charge in [-0.2, -0.15) is 5.10 Å². The number of para-hydroxylation sites is 1. The maximum Gasteiger partial charge on any atom is 0.126 e. The maximum atomic E-state index is 5.46. The molecule has 2 aromatic carbocycles. The monoisotopic (exact) mass is 309 g/mol. The number of methoxy groups -OCH3 is 1. The van der Waals surface area contributed by atoms with Crippen molar-refractivity contribution < 1.29 is 4.74 Å². The molecule has 4 nitrogen and oxygen atoms in total. The molecule has 3 aromatic rings. The number of ether oxygens (including phenoxy) is 1. The first-order valence-corrected chi connectivity index (χ1v) is 7.93. The molecule has 0 saturated heterocycles. The Morgan fingerprint density at radius 1 is 1.13 bits per heavy atom. The molecule has 0 spiro atoms. The van der Waals surface area contributed by atoms with Crippen molar-refractivity contribution in [2.45, 2.75) is 13.0 Å². The third-order valence-electron chi connectivity index (χ3n) is 3.97. The standard InChI is InChI=1S/C19H23N3O/c1-21(2)11-6-12-22-14-16-10-9-15(13-18(16)20-22)17-7-4-5-8-19(17)23-3/h4-5,7-10,13-14H,6,11-12H2,1-3H3. The zero-order chi connectivity index (χ0) is 16.2. The third-order valence-corrected chi connectivity index (χ3v) is 3.97. The van der Waals surface area contributed by atoms with Crippen LogP contribution in [0.5, 0.6) is 5.75 Å². The van der Waals surface area contributed by atoms with Gasteiger partial charge in [0.05, 0.1) is 12.6 Å². The van der Waals surface area contributed by atoms with E-state index in [-0.39, 0.29) is 0 Å². The summed E-state index contributed by atoms with van der Waals surface area (Å²) in [5.41, 5.74) is 3.26. The van der Waals surface area contributed by atoms with Crippen LogP contribution in [0.25, 0.3) is 22.0 Å². The number of rotatable bonds is 6. The summed E-state index contributed by atoms with van der Waals surface area (Å²) < 4.78 is 7.50. The van der Waals surface area contributed by atoms with E-state index in [1.54, 1.807) is 7.11 Å². The number of hydrogen-bond acceptors (Lipinski definition) is 3. The predicted octanol–water partition coefficient (Wildman–Crippen LogP) is 3.66. The third kappa shape index (κ3) is 3.54. The Morgan fingerprint density at radius 2 is 1.96 bits per heavy atom. The second-order valence-corrected chi connectivity index (χ2v) is 6.02. The molecule has 1 heterocycles. The van der Waals surface area contributed by atoms with Gasteiger partial charge in [-0.05, 0) is 44.8 Å². The average Bonchev–Trinajstić information content (AvgIpc) is 2.96. The average molecular weight is 309 g/mol. The van der Waals surface area contributed by atoms with E-state index in [0.29, 0.717) is 0 Å². The van der Waals surface area contributed by atoms with Crippen LogP contribution in [0.3, 0.4) is 0 Å². The quantitative estimate of drug-likeness (QED) is 0.696. The molecule has 0 fully saturated rings. The summed E-state index contributed by atoms with van der Waals surface area (Å²) in [4.78, 5) is 2.20. The number of aromatic nitrogens is 2. The molecule has 0 radical (unpaired) electrons. The summed E-state index contributed by atoms with van der Waals surface area (Å²) in [5, 5.41) is 5.88. The van der Waals surface area contributed by atoms with E-state index >= 15 is 0 Å². The van der Waals surface area contributed by atoms with Crippen molar-refractivity contribution in [1.29, 1.82) is 0 Å². The summed E-state index contributed by atoms with van der Waals surface area (Å²) in [5.74, 6) is 0.886. The Bertz CT molecular complexity index is 792. The summed E-state index contributed by atoms with van der Waals surface area (Å²) in [6, 6.07) is 14.5. The molecular formula is C19H23N3O. The van der Waals surface area contributed by atoms with Gasteiger partial charge in [0.2, 0.25) is 0 Å². The van der Waals surface area contributed by atoms with Crippen LogP contribution < -0.4 is 4.74 Å². The summed E-state index contributed by atoms with van der Waals surface area (Å²) in [7, 11) is 5.90. The van der Waals surface area contributed by atoms with Crippen molar-refractivity contribution in [2.24, 2.45) is 0 Å². The van der Waals surface area contributed by atoms with E-state index in [1.807, 2.05) is 22.9 Å². The normalized spacial score (nSPS) is 11.3. The van der Waals surface area contributed by atoms with Crippen molar-refractivity contribution in [1.82, 2.24) is 14.7 Å². The highest BCUT2D eigenvalue weighted by Crippen LogP contribution is 2.31. The van der Waals surface area contributed by atoms with Gasteiger partial charge in [-0.1, -0.05) is 30.3 Å². The van der Waals surface area contributed by atoms with Gasteiger partial charge in [0, 0.05) is 23.7 Å². The highest BCUT2D eigenvalue weighted by Gasteiger charge is 2.07. The first kappa shape index (κ1) is 15.6. The highest BCUT2D eigenvalue weighted by atomic mass is 16.5. The minimum Gasteiger partial charge on any atom is -0.496 e. The molecule has 0 aliphatic heterocycles. The molecule has 0 amide bonds. The summed E-state index contributed by atoms with van der Waals surface area (Å²) >= 11 is 0. The lowest BCUT2D eigenvalue weighted by atomic mass is 10.0. The van der Waals surface area contributed by atoms with Crippen LogP contribution in [0, 0.1) is 0 Å². The van der Waals surface area contributed by atoms with Crippen molar-refractivity contribution in [2.75, 3.05) is 27.7 Å². The van der Waals surface area contributed by atoms with Gasteiger partial charge in [0.15, 0.2) is 0 Å². The van der Waals surface area contributed by atoms with E-state index in [0.717, 1.165) is 41.9 Å². The minimum atomic E-state index is 0.886. The van der Waals surface area contributed by atoms with Gasteiger partial charge < -0.3 is 9.64 Å². The maximum absolute atomic E-state index is 5.46. The molecule has 0 aliphatic carbocycles. The molecule has 0 aliphatic rings. The van der Waals surface area contributed by atoms with Crippen LogP contribution in [0.15, 0.2) is 48.7 Å². The van der Waals surface area contributed by atoms with Gasteiger partial charge >= 0.3 is 0 Å². The fourth-order valence-corrected chi connectivity index (χ4v) is 2.78. The number of benzene rings is 2. The summed E-state index contributed by atoms with van der Waals surface area (Å²) in [6.45, 7) is 2.01. The molecule has 0 saturated carbocycles. The predicted molar refractivity (Wildman–Crippen MR) is 94.9 cm³/mol. The first-order valence-electron chi connectivity index (χ1n) is 7.93. The van der Waals surface area contributed by atoms with Crippen molar-refractivity contribution in [3.63, 3.8) is 0 Å². The van der Waals surface area contributed by atoms with E-state index in [2.05, 4.69) is 49.5 Å². The molecule has 0 atom stereocenters. The van der Waals surface area contributed by atoms with Crippen molar-refractivity contribution in [3.8, 4) is 16.9 Å². The molecular weight excluding hydrogens is 286 g/mol. The van der Waals surface area contributed by atoms with Gasteiger partial charge in [0.1, 0.15) is 5.75 Å². The SMILES string of the molecule is COc1ccccc1-c1ccc2cn(CCCN(C)C)nc2c1.